The molecule has 3 aromatic rings. The number of para-hydroxylation sites is 1. The zero-order valence-electron chi connectivity index (χ0n) is 17.9. The van der Waals surface area contributed by atoms with Gasteiger partial charge in [0.15, 0.2) is 0 Å². The summed E-state index contributed by atoms with van der Waals surface area (Å²) < 4.78 is 0. The summed E-state index contributed by atoms with van der Waals surface area (Å²) in [6.45, 7) is 4.56. The van der Waals surface area contributed by atoms with E-state index < -0.39 is 0 Å². The molecular formula is C26H27N3O2. The van der Waals surface area contributed by atoms with Crippen molar-refractivity contribution in [3.05, 3.63) is 65.7 Å². The van der Waals surface area contributed by atoms with E-state index in [4.69, 9.17) is 4.98 Å². The number of fused-ring (bicyclic) bond motifs is 1. The van der Waals surface area contributed by atoms with Crippen LogP contribution in [0.25, 0.3) is 22.2 Å². The highest BCUT2D eigenvalue weighted by Gasteiger charge is 2.30. The maximum Gasteiger partial charge on any atom is 0.254 e. The molecule has 5 rings (SSSR count). The molecule has 1 saturated heterocycles. The van der Waals surface area contributed by atoms with Crippen molar-refractivity contribution < 1.29 is 9.59 Å². The fourth-order valence-electron chi connectivity index (χ4n) is 4.27. The largest absolute Gasteiger partial charge is 0.341 e. The maximum atomic E-state index is 13.6. The summed E-state index contributed by atoms with van der Waals surface area (Å²) in [5.74, 6) is 0.808. The number of aryl methyl sites for hydroxylation is 1. The topological polar surface area (TPSA) is 53.5 Å². The van der Waals surface area contributed by atoms with Crippen LogP contribution in [0.15, 0.2) is 54.6 Å². The van der Waals surface area contributed by atoms with Crippen molar-refractivity contribution in [3.8, 4) is 11.3 Å². The van der Waals surface area contributed by atoms with Crippen LogP contribution in [0.3, 0.4) is 0 Å². The fraction of sp³-hybridized carbons (Fsp3) is 0.346. The lowest BCUT2D eigenvalue weighted by Crippen LogP contribution is -2.36. The van der Waals surface area contributed by atoms with Crippen LogP contribution in [0.5, 0.6) is 0 Å². The minimum Gasteiger partial charge on any atom is -0.341 e. The molecular weight excluding hydrogens is 386 g/mol. The molecule has 31 heavy (non-hydrogen) atoms. The van der Waals surface area contributed by atoms with Crippen LogP contribution in [0.2, 0.25) is 0 Å². The Balaban J connectivity index is 1.47. The molecule has 2 aliphatic rings. The van der Waals surface area contributed by atoms with Crippen LogP contribution in [0.1, 0.15) is 35.2 Å². The summed E-state index contributed by atoms with van der Waals surface area (Å²) in [5.41, 5.74) is 4.44. The van der Waals surface area contributed by atoms with Gasteiger partial charge < -0.3 is 9.80 Å². The molecule has 0 spiro atoms. The zero-order chi connectivity index (χ0) is 21.4. The predicted octanol–water partition coefficient (Wildman–Crippen LogP) is 4.29. The van der Waals surface area contributed by atoms with Gasteiger partial charge in [-0.1, -0.05) is 48.0 Å². The van der Waals surface area contributed by atoms with E-state index in [0.29, 0.717) is 37.5 Å². The summed E-state index contributed by atoms with van der Waals surface area (Å²) in [6.07, 6.45) is 2.83. The first-order valence-electron chi connectivity index (χ1n) is 11.1. The van der Waals surface area contributed by atoms with Gasteiger partial charge in [-0.25, -0.2) is 4.98 Å². The van der Waals surface area contributed by atoms with Gasteiger partial charge in [0.05, 0.1) is 16.8 Å². The van der Waals surface area contributed by atoms with Crippen molar-refractivity contribution in [3.63, 3.8) is 0 Å². The van der Waals surface area contributed by atoms with Gasteiger partial charge >= 0.3 is 0 Å². The van der Waals surface area contributed by atoms with Crippen molar-refractivity contribution in [1.29, 1.82) is 0 Å². The molecule has 0 N–H and O–H groups in total. The average Bonchev–Trinajstić information content (AvgIpc) is 3.63. The second-order valence-corrected chi connectivity index (χ2v) is 8.76. The highest BCUT2D eigenvalue weighted by molar-refractivity contribution is 6.07. The monoisotopic (exact) mass is 413 g/mol. The zero-order valence-corrected chi connectivity index (χ0v) is 17.9. The molecule has 1 saturated carbocycles. The second-order valence-electron chi connectivity index (χ2n) is 8.76. The SMILES string of the molecule is Cc1ccc(-c2cc(C(=O)N3CCC(=O)N(CC4CC4)CC3)c3ccccc3n2)cc1. The Hall–Kier alpha value is -3.21. The molecule has 2 aromatic carbocycles. The summed E-state index contributed by atoms with van der Waals surface area (Å²) >= 11 is 0. The quantitative estimate of drug-likeness (QED) is 0.641. The van der Waals surface area contributed by atoms with E-state index in [2.05, 4.69) is 19.1 Å². The van der Waals surface area contributed by atoms with E-state index in [1.807, 2.05) is 52.3 Å². The summed E-state index contributed by atoms with van der Waals surface area (Å²) in [4.78, 5) is 34.8. The van der Waals surface area contributed by atoms with Crippen LogP contribution in [-0.4, -0.2) is 52.8 Å². The number of carbonyl (C=O) groups excluding carboxylic acids is 2. The maximum absolute atomic E-state index is 13.6. The van der Waals surface area contributed by atoms with Gasteiger partial charge in [0.25, 0.3) is 5.91 Å². The molecule has 2 heterocycles. The molecule has 1 aromatic heterocycles. The van der Waals surface area contributed by atoms with Crippen molar-refractivity contribution in [1.82, 2.24) is 14.8 Å². The minimum absolute atomic E-state index is 0.0203. The Labute approximate surface area is 182 Å². The van der Waals surface area contributed by atoms with Gasteiger partial charge in [0.2, 0.25) is 5.91 Å². The number of carbonyl (C=O) groups is 2. The molecule has 0 radical (unpaired) electrons. The third kappa shape index (κ3) is 4.18. The fourth-order valence-corrected chi connectivity index (χ4v) is 4.27. The third-order valence-electron chi connectivity index (χ3n) is 6.34. The van der Waals surface area contributed by atoms with E-state index in [1.165, 1.54) is 18.4 Å². The highest BCUT2D eigenvalue weighted by atomic mass is 16.2. The number of hydrogen-bond acceptors (Lipinski definition) is 3. The van der Waals surface area contributed by atoms with Gasteiger partial charge in [-0.15, -0.1) is 0 Å². The predicted molar refractivity (Wildman–Crippen MR) is 122 cm³/mol. The normalized spacial score (nSPS) is 17.1. The molecule has 2 amide bonds. The van der Waals surface area contributed by atoms with Crippen LogP contribution >= 0.6 is 0 Å². The van der Waals surface area contributed by atoms with Gasteiger partial charge in [-0.05, 0) is 37.8 Å². The Kier molecular flexibility index (Phi) is 5.18. The van der Waals surface area contributed by atoms with E-state index in [0.717, 1.165) is 28.7 Å². The highest BCUT2D eigenvalue weighted by Crippen LogP contribution is 2.30. The Morgan fingerprint density at radius 2 is 1.81 bits per heavy atom. The smallest absolute Gasteiger partial charge is 0.254 e. The van der Waals surface area contributed by atoms with Gasteiger partial charge in [0.1, 0.15) is 0 Å². The van der Waals surface area contributed by atoms with E-state index in [-0.39, 0.29) is 11.8 Å². The van der Waals surface area contributed by atoms with Gasteiger partial charge in [-0.2, -0.15) is 0 Å². The number of aromatic nitrogens is 1. The number of rotatable bonds is 4. The minimum atomic E-state index is -0.0203. The molecule has 0 unspecified atom stereocenters. The number of hydrogen-bond donors (Lipinski definition) is 0. The van der Waals surface area contributed by atoms with Gasteiger partial charge in [0, 0.05) is 43.5 Å². The average molecular weight is 414 g/mol. The number of nitrogens with zero attached hydrogens (tertiary/aromatic N) is 3. The van der Waals surface area contributed by atoms with Crippen LogP contribution in [-0.2, 0) is 4.79 Å². The van der Waals surface area contributed by atoms with Crippen LogP contribution in [0, 0.1) is 12.8 Å². The van der Waals surface area contributed by atoms with E-state index in [1.54, 1.807) is 0 Å². The Bertz CT molecular complexity index is 1140. The van der Waals surface area contributed by atoms with Gasteiger partial charge in [-0.3, -0.25) is 9.59 Å². The van der Waals surface area contributed by atoms with Crippen LogP contribution in [0.4, 0.5) is 0 Å². The lowest BCUT2D eigenvalue weighted by Gasteiger charge is -2.23. The molecule has 1 aliphatic heterocycles. The standard InChI is InChI=1S/C26H27N3O2/c1-18-6-10-20(11-7-18)24-16-22(21-4-2-3-5-23(21)27-24)26(31)28-13-12-25(30)29(15-14-28)17-19-8-9-19/h2-7,10-11,16,19H,8-9,12-15,17H2,1H3. The van der Waals surface area contributed by atoms with Crippen molar-refractivity contribution in [2.45, 2.75) is 26.2 Å². The summed E-state index contributed by atoms with van der Waals surface area (Å²) in [7, 11) is 0. The summed E-state index contributed by atoms with van der Waals surface area (Å²) in [6, 6.07) is 17.9. The molecule has 5 heteroatoms. The molecule has 0 atom stereocenters. The van der Waals surface area contributed by atoms with Crippen molar-refractivity contribution >= 4 is 22.7 Å². The van der Waals surface area contributed by atoms with Crippen molar-refractivity contribution in [2.24, 2.45) is 5.92 Å². The lowest BCUT2D eigenvalue weighted by molar-refractivity contribution is -0.130. The number of amides is 2. The molecule has 1 aliphatic carbocycles. The van der Waals surface area contributed by atoms with E-state index in [9.17, 15) is 9.59 Å². The molecule has 5 nitrogen and oxygen atoms in total. The number of benzene rings is 2. The first-order valence-corrected chi connectivity index (χ1v) is 11.1. The molecule has 0 bridgehead atoms. The Morgan fingerprint density at radius 1 is 1.03 bits per heavy atom. The second kappa shape index (κ2) is 8.14. The first-order chi connectivity index (χ1) is 15.1. The number of pyridine rings is 1. The van der Waals surface area contributed by atoms with Crippen LogP contribution < -0.4 is 0 Å². The molecule has 158 valence electrons. The Morgan fingerprint density at radius 3 is 2.58 bits per heavy atom. The van der Waals surface area contributed by atoms with Crippen molar-refractivity contribution in [2.75, 3.05) is 26.2 Å². The first kappa shape index (κ1) is 19.7. The van der Waals surface area contributed by atoms with E-state index >= 15 is 0 Å². The molecule has 2 fully saturated rings. The third-order valence-corrected chi connectivity index (χ3v) is 6.34. The summed E-state index contributed by atoms with van der Waals surface area (Å²) in [5, 5.41) is 0.855. The lowest BCUT2D eigenvalue weighted by atomic mass is 10.0.